The molecule has 2 rings (SSSR count). The number of hydrogen-bond donors (Lipinski definition) is 1. The molecule has 1 aromatic rings. The van der Waals surface area contributed by atoms with Crippen molar-refractivity contribution in [2.24, 2.45) is 0 Å². The fourth-order valence-electron chi connectivity index (χ4n) is 2.78. The lowest BCUT2D eigenvalue weighted by molar-refractivity contribution is 0.201. The van der Waals surface area contributed by atoms with Crippen molar-refractivity contribution in [3.05, 3.63) is 30.9 Å². The lowest BCUT2D eigenvalue weighted by atomic mass is 10.2. The lowest BCUT2D eigenvalue weighted by Crippen LogP contribution is -2.43. The molecule has 0 saturated carbocycles. The van der Waals surface area contributed by atoms with Gasteiger partial charge in [-0.3, -0.25) is 0 Å². The van der Waals surface area contributed by atoms with Crippen LogP contribution in [-0.2, 0) is 9.84 Å². The van der Waals surface area contributed by atoms with E-state index in [1.807, 2.05) is 6.92 Å². The van der Waals surface area contributed by atoms with Crippen molar-refractivity contribution in [3.8, 4) is 11.5 Å². The van der Waals surface area contributed by atoms with Crippen molar-refractivity contribution < 1.29 is 22.7 Å². The third kappa shape index (κ3) is 4.88. The summed E-state index contributed by atoms with van der Waals surface area (Å²) in [6.45, 7) is 6.26. The highest BCUT2D eigenvalue weighted by Crippen LogP contribution is 2.30. The second-order valence-corrected chi connectivity index (χ2v) is 7.96. The molecule has 2 amide bonds. The van der Waals surface area contributed by atoms with Gasteiger partial charge in [0, 0.05) is 24.3 Å². The van der Waals surface area contributed by atoms with E-state index < -0.39 is 9.84 Å². The summed E-state index contributed by atoms with van der Waals surface area (Å²) in [6.07, 6.45) is 2.03. The summed E-state index contributed by atoms with van der Waals surface area (Å²) in [4.78, 5) is 14.1. The molecule has 1 saturated heterocycles. The first-order valence-electron chi connectivity index (χ1n) is 8.10. The van der Waals surface area contributed by atoms with Crippen LogP contribution in [0, 0.1) is 0 Å². The second kappa shape index (κ2) is 8.24. The number of anilines is 1. The van der Waals surface area contributed by atoms with Gasteiger partial charge in [-0.1, -0.05) is 6.08 Å². The molecule has 7 nitrogen and oxygen atoms in total. The van der Waals surface area contributed by atoms with Crippen LogP contribution in [0.15, 0.2) is 30.9 Å². The SMILES string of the molecule is C=CCN(C(=O)Nc1ccc(OC)c(OCC)c1)C1CCS(=O)(=O)C1. The van der Waals surface area contributed by atoms with Gasteiger partial charge in [-0.25, -0.2) is 13.2 Å². The van der Waals surface area contributed by atoms with E-state index in [9.17, 15) is 13.2 Å². The maximum Gasteiger partial charge on any atom is 0.322 e. The number of carbonyl (C=O) groups excluding carboxylic acids is 1. The molecule has 8 heteroatoms. The van der Waals surface area contributed by atoms with Crippen molar-refractivity contribution in [2.45, 2.75) is 19.4 Å². The first-order chi connectivity index (χ1) is 11.9. The summed E-state index contributed by atoms with van der Waals surface area (Å²) in [7, 11) is -1.54. The zero-order valence-electron chi connectivity index (χ0n) is 14.5. The van der Waals surface area contributed by atoms with E-state index in [2.05, 4.69) is 11.9 Å². The van der Waals surface area contributed by atoms with Crippen LogP contribution in [0.2, 0.25) is 0 Å². The number of benzene rings is 1. The van der Waals surface area contributed by atoms with Crippen LogP contribution >= 0.6 is 0 Å². The van der Waals surface area contributed by atoms with E-state index in [1.165, 1.54) is 4.90 Å². The van der Waals surface area contributed by atoms with Crippen molar-refractivity contribution in [1.82, 2.24) is 4.90 Å². The zero-order chi connectivity index (χ0) is 18.4. The monoisotopic (exact) mass is 368 g/mol. The largest absolute Gasteiger partial charge is 0.493 e. The van der Waals surface area contributed by atoms with Gasteiger partial charge < -0.3 is 19.7 Å². The summed E-state index contributed by atoms with van der Waals surface area (Å²) in [5, 5.41) is 2.79. The highest BCUT2D eigenvalue weighted by atomic mass is 32.2. The van der Waals surface area contributed by atoms with Gasteiger partial charge in [-0.2, -0.15) is 0 Å². The van der Waals surface area contributed by atoms with Crippen LogP contribution in [0.3, 0.4) is 0 Å². The topological polar surface area (TPSA) is 84.9 Å². The molecule has 1 atom stereocenters. The summed E-state index contributed by atoms with van der Waals surface area (Å²) in [5.74, 6) is 1.20. The van der Waals surface area contributed by atoms with E-state index in [0.717, 1.165) is 0 Å². The van der Waals surface area contributed by atoms with Crippen LogP contribution in [0.1, 0.15) is 13.3 Å². The number of amides is 2. The molecule has 1 fully saturated rings. The van der Waals surface area contributed by atoms with Gasteiger partial charge in [-0.15, -0.1) is 6.58 Å². The number of nitrogens with one attached hydrogen (secondary N) is 1. The minimum atomic E-state index is -3.08. The summed E-state index contributed by atoms with van der Waals surface area (Å²) in [5.41, 5.74) is 0.546. The number of rotatable bonds is 7. The maximum atomic E-state index is 12.6. The Morgan fingerprint density at radius 2 is 2.20 bits per heavy atom. The molecule has 138 valence electrons. The fraction of sp³-hybridized carbons (Fsp3) is 0.471. The standard InChI is InChI=1S/C17H24N2O5S/c1-4-9-19(14-8-10-25(21,22)12-14)17(20)18-13-6-7-15(23-3)16(11-13)24-5-2/h4,6-7,11,14H,1,5,8-10,12H2,2-3H3,(H,18,20). The second-order valence-electron chi connectivity index (χ2n) is 5.73. The number of hydrogen-bond acceptors (Lipinski definition) is 5. The van der Waals surface area contributed by atoms with Crippen LogP contribution in [-0.4, -0.2) is 57.2 Å². The van der Waals surface area contributed by atoms with Gasteiger partial charge in [-0.05, 0) is 25.5 Å². The average molecular weight is 368 g/mol. The van der Waals surface area contributed by atoms with Gasteiger partial charge in [0.05, 0.1) is 25.2 Å². The molecule has 1 aliphatic heterocycles. The van der Waals surface area contributed by atoms with Gasteiger partial charge in [0.1, 0.15) is 0 Å². The Labute approximate surface area is 148 Å². The normalized spacial score (nSPS) is 18.4. The van der Waals surface area contributed by atoms with Crippen LogP contribution < -0.4 is 14.8 Å². The van der Waals surface area contributed by atoms with Gasteiger partial charge in [0.25, 0.3) is 0 Å². The Morgan fingerprint density at radius 1 is 1.44 bits per heavy atom. The van der Waals surface area contributed by atoms with E-state index in [0.29, 0.717) is 30.2 Å². The molecule has 1 heterocycles. The Bertz CT molecular complexity index is 733. The molecule has 1 N–H and O–H groups in total. The molecule has 0 bridgehead atoms. The molecule has 0 aromatic heterocycles. The maximum absolute atomic E-state index is 12.6. The third-order valence-corrected chi connectivity index (χ3v) is 5.70. The van der Waals surface area contributed by atoms with Crippen LogP contribution in [0.4, 0.5) is 10.5 Å². The predicted octanol–water partition coefficient (Wildman–Crippen LogP) is 2.30. The highest BCUT2D eigenvalue weighted by Gasteiger charge is 2.34. The molecular formula is C17H24N2O5S. The lowest BCUT2D eigenvalue weighted by Gasteiger charge is -2.27. The molecule has 1 aliphatic rings. The van der Waals surface area contributed by atoms with Gasteiger partial charge in [0.2, 0.25) is 0 Å². The number of carbonyl (C=O) groups is 1. The summed E-state index contributed by atoms with van der Waals surface area (Å²) < 4.78 is 34.1. The van der Waals surface area contributed by atoms with Crippen LogP contribution in [0.5, 0.6) is 11.5 Å². The Hall–Kier alpha value is -2.22. The van der Waals surface area contributed by atoms with Crippen molar-refractivity contribution in [1.29, 1.82) is 0 Å². The van der Waals surface area contributed by atoms with Gasteiger partial charge in [0.15, 0.2) is 21.3 Å². The minimum absolute atomic E-state index is 0.0128. The van der Waals surface area contributed by atoms with Gasteiger partial charge >= 0.3 is 6.03 Å². The average Bonchev–Trinajstić information content (AvgIpc) is 2.92. The van der Waals surface area contributed by atoms with Crippen molar-refractivity contribution in [2.75, 3.05) is 37.1 Å². The molecule has 0 aliphatic carbocycles. The molecular weight excluding hydrogens is 344 g/mol. The number of sulfone groups is 1. The number of methoxy groups -OCH3 is 1. The highest BCUT2D eigenvalue weighted by molar-refractivity contribution is 7.91. The Balaban J connectivity index is 2.15. The van der Waals surface area contributed by atoms with E-state index in [-0.39, 0.29) is 30.1 Å². The van der Waals surface area contributed by atoms with E-state index in [1.54, 1.807) is 31.4 Å². The molecule has 0 radical (unpaired) electrons. The smallest absolute Gasteiger partial charge is 0.322 e. The summed E-state index contributed by atoms with van der Waals surface area (Å²) >= 11 is 0. The number of urea groups is 1. The first kappa shape index (κ1) is 19.1. The van der Waals surface area contributed by atoms with E-state index in [4.69, 9.17) is 9.47 Å². The molecule has 25 heavy (non-hydrogen) atoms. The number of ether oxygens (including phenoxy) is 2. The fourth-order valence-corrected chi connectivity index (χ4v) is 4.51. The van der Waals surface area contributed by atoms with E-state index >= 15 is 0 Å². The Kier molecular flexibility index (Phi) is 6.30. The quantitative estimate of drug-likeness (QED) is 0.747. The van der Waals surface area contributed by atoms with Crippen LogP contribution in [0.25, 0.3) is 0 Å². The van der Waals surface area contributed by atoms with Crippen molar-refractivity contribution in [3.63, 3.8) is 0 Å². The third-order valence-electron chi connectivity index (χ3n) is 3.95. The molecule has 0 spiro atoms. The van der Waals surface area contributed by atoms with Crippen molar-refractivity contribution >= 4 is 21.6 Å². The number of nitrogens with zero attached hydrogens (tertiary/aromatic N) is 1. The summed E-state index contributed by atoms with van der Waals surface area (Å²) in [6, 6.07) is 4.38. The molecule has 1 aromatic carbocycles. The first-order valence-corrected chi connectivity index (χ1v) is 9.92. The minimum Gasteiger partial charge on any atom is -0.493 e. The predicted molar refractivity (Wildman–Crippen MR) is 97.1 cm³/mol. The molecule has 1 unspecified atom stereocenters. The Morgan fingerprint density at radius 3 is 2.76 bits per heavy atom. The zero-order valence-corrected chi connectivity index (χ0v) is 15.3.